The molecule has 0 saturated carbocycles. The second kappa shape index (κ2) is 7.30. The first-order valence-corrected chi connectivity index (χ1v) is 6.96. The third-order valence-electron chi connectivity index (χ3n) is 4.47. The Hall–Kier alpha value is 0. The van der Waals surface area contributed by atoms with E-state index < -0.39 is 0 Å². The van der Waals surface area contributed by atoms with Crippen molar-refractivity contribution in [2.45, 2.75) is 80.1 Å². The van der Waals surface area contributed by atoms with Crippen LogP contribution in [0.2, 0.25) is 0 Å². The van der Waals surface area contributed by atoms with E-state index in [1.165, 1.54) is 38.5 Å². The van der Waals surface area contributed by atoms with E-state index in [-0.39, 0.29) is 0 Å². The molecule has 15 heavy (non-hydrogen) atoms. The fourth-order valence-corrected chi connectivity index (χ4v) is 2.30. The van der Waals surface area contributed by atoms with E-state index in [9.17, 15) is 0 Å². The quantitative estimate of drug-likeness (QED) is 0.455. The second-order valence-electron chi connectivity index (χ2n) is 5.94. The minimum atomic E-state index is 0.581. The molecule has 0 aromatic heterocycles. The Morgan fingerprint density at radius 3 is 1.73 bits per heavy atom. The summed E-state index contributed by atoms with van der Waals surface area (Å²) in [5.74, 6) is 1.77. The largest absolute Gasteiger partial charge is 0.0649 e. The molecule has 0 rings (SSSR count). The standard InChI is InChI=1S/C15H32/c1-7-15(6,8-2)14(5)12-10-9-11-13(3)4/h13-14H,7-12H2,1-6H3. The van der Waals surface area contributed by atoms with E-state index in [0.29, 0.717) is 5.41 Å². The molecule has 0 aromatic carbocycles. The zero-order valence-electron chi connectivity index (χ0n) is 11.9. The molecule has 0 fully saturated rings. The van der Waals surface area contributed by atoms with E-state index in [4.69, 9.17) is 0 Å². The fraction of sp³-hybridized carbons (Fsp3) is 1.00. The molecule has 0 aliphatic carbocycles. The Kier molecular flexibility index (Phi) is 7.30. The Balaban J connectivity index is 3.77. The van der Waals surface area contributed by atoms with Crippen molar-refractivity contribution in [2.75, 3.05) is 0 Å². The highest BCUT2D eigenvalue weighted by Gasteiger charge is 2.26. The Morgan fingerprint density at radius 2 is 1.33 bits per heavy atom. The van der Waals surface area contributed by atoms with Crippen LogP contribution < -0.4 is 0 Å². The Labute approximate surface area is 97.8 Å². The summed E-state index contributed by atoms with van der Waals surface area (Å²) in [7, 11) is 0. The van der Waals surface area contributed by atoms with E-state index in [1.54, 1.807) is 0 Å². The normalized spacial score (nSPS) is 14.6. The molecule has 0 heterocycles. The molecule has 0 heteroatoms. The van der Waals surface area contributed by atoms with E-state index in [2.05, 4.69) is 41.5 Å². The molecule has 0 aromatic rings. The molecular weight excluding hydrogens is 180 g/mol. The molecule has 1 unspecified atom stereocenters. The van der Waals surface area contributed by atoms with E-state index in [1.807, 2.05) is 0 Å². The lowest BCUT2D eigenvalue weighted by molar-refractivity contribution is 0.169. The van der Waals surface area contributed by atoms with Gasteiger partial charge in [0.15, 0.2) is 0 Å². The van der Waals surface area contributed by atoms with Crippen molar-refractivity contribution in [3.8, 4) is 0 Å². The molecular formula is C15H32. The van der Waals surface area contributed by atoms with Crippen LogP contribution in [0.1, 0.15) is 80.1 Å². The topological polar surface area (TPSA) is 0 Å². The van der Waals surface area contributed by atoms with Crippen LogP contribution >= 0.6 is 0 Å². The minimum absolute atomic E-state index is 0.581. The van der Waals surface area contributed by atoms with Gasteiger partial charge in [-0.05, 0) is 17.3 Å². The van der Waals surface area contributed by atoms with Crippen molar-refractivity contribution in [3.63, 3.8) is 0 Å². The summed E-state index contributed by atoms with van der Waals surface area (Å²) < 4.78 is 0. The van der Waals surface area contributed by atoms with Gasteiger partial charge in [-0.2, -0.15) is 0 Å². The first kappa shape index (κ1) is 15.0. The lowest BCUT2D eigenvalue weighted by Crippen LogP contribution is -2.23. The van der Waals surface area contributed by atoms with Gasteiger partial charge in [0.1, 0.15) is 0 Å². The van der Waals surface area contributed by atoms with Gasteiger partial charge >= 0.3 is 0 Å². The van der Waals surface area contributed by atoms with Crippen LogP contribution in [-0.4, -0.2) is 0 Å². The maximum Gasteiger partial charge on any atom is -0.0305 e. The van der Waals surface area contributed by atoms with Crippen molar-refractivity contribution in [2.24, 2.45) is 17.3 Å². The average molecular weight is 212 g/mol. The molecule has 0 radical (unpaired) electrons. The minimum Gasteiger partial charge on any atom is -0.0649 e. The molecule has 0 N–H and O–H groups in total. The lowest BCUT2D eigenvalue weighted by Gasteiger charge is -2.34. The molecule has 0 amide bonds. The SMILES string of the molecule is CCC(C)(CC)C(C)CCCCC(C)C. The van der Waals surface area contributed by atoms with Gasteiger partial charge < -0.3 is 0 Å². The smallest absolute Gasteiger partial charge is 0.0305 e. The predicted molar refractivity (Wildman–Crippen MR) is 71.2 cm³/mol. The van der Waals surface area contributed by atoms with Gasteiger partial charge in [-0.25, -0.2) is 0 Å². The maximum absolute atomic E-state index is 2.46. The summed E-state index contributed by atoms with van der Waals surface area (Å²) in [6.07, 6.45) is 8.33. The molecule has 0 nitrogen and oxygen atoms in total. The first-order valence-electron chi connectivity index (χ1n) is 6.96. The molecule has 1 atom stereocenters. The fourth-order valence-electron chi connectivity index (χ4n) is 2.30. The van der Waals surface area contributed by atoms with Crippen LogP contribution in [0.4, 0.5) is 0 Å². The predicted octanol–water partition coefficient (Wildman–Crippen LogP) is 5.67. The highest BCUT2D eigenvalue weighted by molar-refractivity contribution is 4.77. The van der Waals surface area contributed by atoms with Crippen LogP contribution in [0.25, 0.3) is 0 Å². The van der Waals surface area contributed by atoms with Crippen LogP contribution in [0.3, 0.4) is 0 Å². The number of rotatable bonds is 8. The Bertz CT molecular complexity index is 142. The highest BCUT2D eigenvalue weighted by Crippen LogP contribution is 2.37. The molecule has 0 saturated heterocycles. The van der Waals surface area contributed by atoms with Crippen LogP contribution in [0, 0.1) is 17.3 Å². The van der Waals surface area contributed by atoms with Gasteiger partial charge in [-0.1, -0.05) is 80.1 Å². The molecule has 0 aliphatic rings. The van der Waals surface area contributed by atoms with Crippen LogP contribution in [0.5, 0.6) is 0 Å². The van der Waals surface area contributed by atoms with E-state index in [0.717, 1.165) is 11.8 Å². The van der Waals surface area contributed by atoms with Crippen molar-refractivity contribution in [1.82, 2.24) is 0 Å². The van der Waals surface area contributed by atoms with Crippen LogP contribution in [0.15, 0.2) is 0 Å². The lowest BCUT2D eigenvalue weighted by atomic mass is 9.72. The third kappa shape index (κ3) is 5.58. The maximum atomic E-state index is 2.46. The summed E-state index contributed by atoms with van der Waals surface area (Å²) in [5.41, 5.74) is 0.581. The number of hydrogen-bond donors (Lipinski definition) is 0. The van der Waals surface area contributed by atoms with Gasteiger partial charge in [-0.3, -0.25) is 0 Å². The van der Waals surface area contributed by atoms with Gasteiger partial charge in [-0.15, -0.1) is 0 Å². The van der Waals surface area contributed by atoms with Gasteiger partial charge in [0, 0.05) is 0 Å². The van der Waals surface area contributed by atoms with Crippen molar-refractivity contribution < 1.29 is 0 Å². The molecule has 0 aliphatic heterocycles. The first-order chi connectivity index (χ1) is 6.96. The zero-order chi connectivity index (χ0) is 11.9. The number of unbranched alkanes of at least 4 members (excludes halogenated alkanes) is 1. The molecule has 0 bridgehead atoms. The molecule has 92 valence electrons. The van der Waals surface area contributed by atoms with Crippen molar-refractivity contribution in [1.29, 1.82) is 0 Å². The second-order valence-corrected chi connectivity index (χ2v) is 5.94. The highest BCUT2D eigenvalue weighted by atomic mass is 14.3. The molecule has 0 spiro atoms. The van der Waals surface area contributed by atoms with Gasteiger partial charge in [0.2, 0.25) is 0 Å². The van der Waals surface area contributed by atoms with E-state index >= 15 is 0 Å². The third-order valence-corrected chi connectivity index (χ3v) is 4.47. The van der Waals surface area contributed by atoms with Gasteiger partial charge in [0.25, 0.3) is 0 Å². The summed E-state index contributed by atoms with van der Waals surface area (Å²) in [6, 6.07) is 0. The van der Waals surface area contributed by atoms with Crippen LogP contribution in [-0.2, 0) is 0 Å². The number of hydrogen-bond acceptors (Lipinski definition) is 0. The monoisotopic (exact) mass is 212 g/mol. The summed E-state index contributed by atoms with van der Waals surface area (Å²) in [5, 5.41) is 0. The summed E-state index contributed by atoms with van der Waals surface area (Å²) in [6.45, 7) is 14.2. The zero-order valence-corrected chi connectivity index (χ0v) is 11.9. The van der Waals surface area contributed by atoms with Crippen molar-refractivity contribution >= 4 is 0 Å². The Morgan fingerprint density at radius 1 is 0.867 bits per heavy atom. The summed E-state index contributed by atoms with van der Waals surface area (Å²) >= 11 is 0. The summed E-state index contributed by atoms with van der Waals surface area (Å²) in [4.78, 5) is 0. The average Bonchev–Trinajstić information content (AvgIpc) is 2.22. The van der Waals surface area contributed by atoms with Gasteiger partial charge in [0.05, 0.1) is 0 Å². The van der Waals surface area contributed by atoms with Crippen molar-refractivity contribution in [3.05, 3.63) is 0 Å².